The number of cyclic esters (lactones) is 1. The summed E-state index contributed by atoms with van der Waals surface area (Å²) >= 11 is 1.53. The van der Waals surface area contributed by atoms with Gasteiger partial charge in [-0.3, -0.25) is 34.2 Å². The molecule has 6 fully saturated rings. The van der Waals surface area contributed by atoms with Gasteiger partial charge in [0.05, 0.1) is 65.9 Å². The lowest BCUT2D eigenvalue weighted by atomic mass is 9.84. The molecule has 16 heteroatoms. The molecule has 1 aromatic carbocycles. The van der Waals surface area contributed by atoms with E-state index in [2.05, 4.69) is 106 Å². The van der Waals surface area contributed by atoms with Crippen molar-refractivity contribution in [2.24, 2.45) is 16.7 Å². The Labute approximate surface area is 423 Å². The van der Waals surface area contributed by atoms with E-state index in [1.165, 1.54) is 16.9 Å². The van der Waals surface area contributed by atoms with Gasteiger partial charge in [0, 0.05) is 91.6 Å². The number of amides is 2. The molecule has 1 saturated carbocycles. The number of thiazole rings is 1. The Morgan fingerprint density at radius 2 is 1.89 bits per heavy atom. The number of benzene rings is 1. The summed E-state index contributed by atoms with van der Waals surface area (Å²) in [7, 11) is 0. The van der Waals surface area contributed by atoms with Crippen LogP contribution in [0.15, 0.2) is 35.8 Å². The number of anilines is 1. The van der Waals surface area contributed by atoms with E-state index >= 15 is 0 Å². The summed E-state index contributed by atoms with van der Waals surface area (Å²) in [5, 5.41) is 12.5. The van der Waals surface area contributed by atoms with Crippen molar-refractivity contribution in [2.45, 2.75) is 135 Å². The number of esters is 1. The zero-order valence-corrected chi connectivity index (χ0v) is 43.6. The third kappa shape index (κ3) is 9.78. The average Bonchev–Trinajstić information content (AvgIpc) is 4.26. The number of hydrazine groups is 1. The molecule has 6 bridgehead atoms. The summed E-state index contributed by atoms with van der Waals surface area (Å²) in [5.74, 6) is -0.252. The number of pyridine rings is 1. The number of nitrogens with one attached hydrogen (secondary N) is 3. The minimum atomic E-state index is -0.871. The fourth-order valence-electron chi connectivity index (χ4n) is 13.3. The van der Waals surface area contributed by atoms with Crippen LogP contribution in [0.25, 0.3) is 33.4 Å². The van der Waals surface area contributed by atoms with Crippen LogP contribution in [0.2, 0.25) is 0 Å². The zero-order valence-electron chi connectivity index (χ0n) is 42.8. The first-order chi connectivity index (χ1) is 34.4. The smallest absolute Gasteiger partial charge is 0.324 e. The summed E-state index contributed by atoms with van der Waals surface area (Å²) < 4.78 is 14.7. The van der Waals surface area contributed by atoms with Gasteiger partial charge in [0.1, 0.15) is 12.1 Å². The molecule has 15 nitrogen and oxygen atoms in total. The number of rotatable bonds is 8. The molecule has 6 aliphatic heterocycles. The number of aryl methyl sites for hydroxylation is 1. The predicted molar refractivity (Wildman–Crippen MR) is 278 cm³/mol. The Morgan fingerprint density at radius 3 is 2.69 bits per heavy atom. The summed E-state index contributed by atoms with van der Waals surface area (Å²) in [6, 6.07) is 7.59. The normalized spacial score (nSPS) is 27.4. The highest BCUT2D eigenvalue weighted by Gasteiger charge is 2.47. The van der Waals surface area contributed by atoms with Crippen molar-refractivity contribution in [1.29, 1.82) is 0 Å². The Hall–Kier alpha value is -4.45. The van der Waals surface area contributed by atoms with Crippen LogP contribution in [0.4, 0.5) is 5.69 Å². The number of ether oxygens (including phenoxy) is 2. The molecule has 1 spiro atoms. The zero-order chi connectivity index (χ0) is 49.0. The summed E-state index contributed by atoms with van der Waals surface area (Å²) in [6.45, 7) is 21.6. The molecule has 3 aromatic heterocycles. The molecule has 0 radical (unpaired) electrons. The summed E-state index contributed by atoms with van der Waals surface area (Å²) in [5.41, 5.74) is 11.7. The molecular formula is C55H76N10O5S. The molecule has 0 unspecified atom stereocenters. The SMILES string of the molecule is CCn1c(-c2cc(N3CCN4CCOC[C@@H]4C3)cnc2C(C)C)c2c3cc(ccc31)-c1csc(n1)C[C@H](NC(=O)[C@H](C1CCCC1)N1CC[C@]3(CCNC3)C1)C(=O)N1CCC[C@H](N1)C(=O)OCC(C)(C)C2. The lowest BCUT2D eigenvalue weighted by molar-refractivity contribution is -0.155. The maximum atomic E-state index is 14.9. The molecule has 382 valence electrons. The second-order valence-corrected chi connectivity index (χ2v) is 24.0. The Kier molecular flexibility index (Phi) is 13.8. The first kappa shape index (κ1) is 48.8. The van der Waals surface area contributed by atoms with Crippen molar-refractivity contribution >= 4 is 45.7 Å². The monoisotopic (exact) mass is 989 g/mol. The fourth-order valence-corrected chi connectivity index (χ4v) is 14.2. The maximum absolute atomic E-state index is 14.9. The van der Waals surface area contributed by atoms with E-state index in [1.54, 1.807) is 5.01 Å². The van der Waals surface area contributed by atoms with Gasteiger partial charge in [-0.05, 0) is 106 Å². The number of nitrogens with zero attached hydrogens (tertiary/aromatic N) is 7. The van der Waals surface area contributed by atoms with Gasteiger partial charge in [-0.1, -0.05) is 46.6 Å². The lowest BCUT2D eigenvalue weighted by Crippen LogP contribution is -2.62. The fraction of sp³-hybridized carbons (Fsp3) is 0.655. The third-order valence-electron chi connectivity index (χ3n) is 17.1. The molecule has 11 rings (SSSR count). The molecule has 5 atom stereocenters. The van der Waals surface area contributed by atoms with E-state index in [-0.39, 0.29) is 54.1 Å². The number of carbonyl (C=O) groups is 3. The highest BCUT2D eigenvalue weighted by atomic mass is 32.1. The van der Waals surface area contributed by atoms with Crippen molar-refractivity contribution in [3.63, 3.8) is 0 Å². The number of aromatic nitrogens is 3. The van der Waals surface area contributed by atoms with E-state index in [4.69, 9.17) is 19.4 Å². The Bertz CT molecular complexity index is 2620. The maximum Gasteiger partial charge on any atom is 0.324 e. The Morgan fingerprint density at radius 1 is 1.03 bits per heavy atom. The lowest BCUT2D eigenvalue weighted by Gasteiger charge is -2.44. The van der Waals surface area contributed by atoms with Crippen LogP contribution in [0.1, 0.15) is 108 Å². The van der Waals surface area contributed by atoms with Crippen LogP contribution >= 0.6 is 11.3 Å². The second-order valence-electron chi connectivity index (χ2n) is 23.1. The van der Waals surface area contributed by atoms with E-state index in [9.17, 15) is 14.4 Å². The largest absolute Gasteiger partial charge is 0.464 e. The van der Waals surface area contributed by atoms with Gasteiger partial charge in [-0.25, -0.2) is 10.4 Å². The molecule has 5 saturated heterocycles. The predicted octanol–water partition coefficient (Wildman–Crippen LogP) is 6.38. The van der Waals surface area contributed by atoms with Crippen LogP contribution in [0.5, 0.6) is 0 Å². The molecule has 4 aromatic rings. The highest BCUT2D eigenvalue weighted by Crippen LogP contribution is 2.44. The number of hydrogen-bond donors (Lipinski definition) is 3. The van der Waals surface area contributed by atoms with Crippen LogP contribution < -0.4 is 21.0 Å². The Balaban J connectivity index is 0.970. The van der Waals surface area contributed by atoms with E-state index in [0.717, 1.165) is 160 Å². The van der Waals surface area contributed by atoms with Crippen molar-refractivity contribution < 1.29 is 23.9 Å². The minimum absolute atomic E-state index is 0.0654. The number of piperazine rings is 1. The van der Waals surface area contributed by atoms with Crippen molar-refractivity contribution in [3.8, 4) is 22.5 Å². The van der Waals surface area contributed by atoms with Gasteiger partial charge >= 0.3 is 5.97 Å². The van der Waals surface area contributed by atoms with Crippen molar-refractivity contribution in [2.75, 3.05) is 83.6 Å². The minimum Gasteiger partial charge on any atom is -0.464 e. The van der Waals surface area contributed by atoms with Gasteiger partial charge in [0.15, 0.2) is 0 Å². The molecule has 9 heterocycles. The van der Waals surface area contributed by atoms with E-state index < -0.39 is 17.5 Å². The first-order valence-corrected chi connectivity index (χ1v) is 27.9. The van der Waals surface area contributed by atoms with E-state index in [1.807, 2.05) is 0 Å². The average molecular weight is 989 g/mol. The number of likely N-dealkylation sites (tertiary alicyclic amines) is 1. The molecule has 3 N–H and O–H groups in total. The van der Waals surface area contributed by atoms with Crippen LogP contribution in [-0.4, -0.2) is 150 Å². The summed E-state index contributed by atoms with van der Waals surface area (Å²) in [4.78, 5) is 62.0. The van der Waals surface area contributed by atoms with Gasteiger partial charge in [0.25, 0.3) is 5.91 Å². The van der Waals surface area contributed by atoms with Crippen LogP contribution in [0, 0.1) is 16.7 Å². The highest BCUT2D eigenvalue weighted by molar-refractivity contribution is 7.10. The van der Waals surface area contributed by atoms with Gasteiger partial charge in [0.2, 0.25) is 5.91 Å². The van der Waals surface area contributed by atoms with Crippen LogP contribution in [0.3, 0.4) is 0 Å². The molecule has 2 amide bonds. The van der Waals surface area contributed by atoms with Gasteiger partial charge < -0.3 is 29.6 Å². The molecule has 1 aliphatic carbocycles. The topological polar surface area (TPSA) is 149 Å². The molecule has 71 heavy (non-hydrogen) atoms. The van der Waals surface area contributed by atoms with Crippen LogP contribution in [-0.2, 0) is 43.2 Å². The number of carbonyl (C=O) groups excluding carboxylic acids is 3. The summed E-state index contributed by atoms with van der Waals surface area (Å²) in [6.07, 6.45) is 10.7. The quantitative estimate of drug-likeness (QED) is 0.168. The number of morpholine rings is 1. The first-order valence-electron chi connectivity index (χ1n) is 27.0. The van der Waals surface area contributed by atoms with Crippen molar-refractivity contribution in [1.82, 2.24) is 45.4 Å². The standard InChI is InChI=1S/C55H76N10O5S/c1-6-64-46-14-13-37-24-40(46)42(50(64)41-25-38(28-57-48(41)35(2)3)62-21-20-61-22-23-69-30-39(61)29-62)27-54(4,5)34-70-53(68)43-12-9-18-65(60-43)52(67)44(26-47-58-45(37)31-71-47)59-51(66)49(36-10-7-8-11-36)63-19-16-55(33-63)15-17-56-32-55/h13-14,24-25,28,31,35-36,39,43-44,49,56,60H,6-12,15-23,26-27,29-30,32-34H2,1-5H3,(H,59,66)/t39-,43-,44-,49-,55-/m0/s1. The second kappa shape index (κ2) is 20.1. The third-order valence-corrected chi connectivity index (χ3v) is 18.0. The number of fused-ring (bicyclic) bond motifs is 7. The van der Waals surface area contributed by atoms with Crippen molar-refractivity contribution in [3.05, 3.63) is 52.1 Å². The molecular weight excluding hydrogens is 913 g/mol. The molecule has 7 aliphatic rings. The van der Waals surface area contributed by atoms with Gasteiger partial charge in [-0.15, -0.1) is 11.3 Å². The van der Waals surface area contributed by atoms with Gasteiger partial charge in [-0.2, -0.15) is 0 Å². The van der Waals surface area contributed by atoms with E-state index in [0.29, 0.717) is 31.8 Å². The number of hydrogen-bond acceptors (Lipinski definition) is 13.